The van der Waals surface area contributed by atoms with Crippen LogP contribution in [0.5, 0.6) is 0 Å². The van der Waals surface area contributed by atoms with E-state index >= 15 is 0 Å². The molecule has 340 valence electrons. The number of nitrogens with one attached hydrogen (secondary N) is 1. The Bertz CT molecular complexity index is 1290. The number of carbonyl (C=O) groups is 1. The van der Waals surface area contributed by atoms with Crippen molar-refractivity contribution in [1.82, 2.24) is 10.2 Å². The minimum Gasteiger partial charge on any atom is -0.459 e. The van der Waals surface area contributed by atoms with E-state index in [-0.39, 0.29) is 55.9 Å². The van der Waals surface area contributed by atoms with Crippen LogP contribution in [0.25, 0.3) is 0 Å². The van der Waals surface area contributed by atoms with Gasteiger partial charge in [0.25, 0.3) is 0 Å². The van der Waals surface area contributed by atoms with Gasteiger partial charge in [0.1, 0.15) is 30.1 Å². The average molecular weight is 835 g/mol. The van der Waals surface area contributed by atoms with Crippen molar-refractivity contribution >= 4 is 5.97 Å². The summed E-state index contributed by atoms with van der Waals surface area (Å²) < 4.78 is 55.7. The molecule has 4 saturated heterocycles. The summed E-state index contributed by atoms with van der Waals surface area (Å²) in [6.45, 7) is 19.1. The number of nitrogens with zero attached hydrogens (tertiary/aromatic N) is 1. The van der Waals surface area contributed by atoms with Gasteiger partial charge in [0, 0.05) is 44.6 Å². The molecule has 16 nitrogen and oxygen atoms in total. The summed E-state index contributed by atoms with van der Waals surface area (Å²) in [5.74, 6) is -2.95. The molecule has 58 heavy (non-hydrogen) atoms. The quantitative estimate of drug-likeness (QED) is 0.142. The molecular weight excluding hydrogens is 756 g/mol. The first-order valence-electron chi connectivity index (χ1n) is 21.4. The van der Waals surface area contributed by atoms with E-state index in [1.807, 2.05) is 53.6 Å². The van der Waals surface area contributed by atoms with Gasteiger partial charge >= 0.3 is 5.97 Å². The number of esters is 1. The van der Waals surface area contributed by atoms with E-state index in [0.717, 1.165) is 0 Å². The Morgan fingerprint density at radius 3 is 2.19 bits per heavy atom. The molecule has 20 atom stereocenters. The van der Waals surface area contributed by atoms with Crippen LogP contribution in [0.3, 0.4) is 0 Å². The zero-order valence-electron chi connectivity index (χ0n) is 37.6. The molecule has 0 aromatic carbocycles. The number of aliphatic hydroxyl groups is 4. The summed E-state index contributed by atoms with van der Waals surface area (Å²) in [6, 6.07) is -0.593. The largest absolute Gasteiger partial charge is 0.459 e. The molecule has 1 unspecified atom stereocenters. The first kappa shape index (κ1) is 49.6. The number of hydrogen-bond donors (Lipinski definition) is 5. The van der Waals surface area contributed by atoms with Crippen LogP contribution in [0.15, 0.2) is 0 Å². The number of cyclic esters (lactones) is 1. The highest BCUT2D eigenvalue weighted by Crippen LogP contribution is 2.43. The van der Waals surface area contributed by atoms with Gasteiger partial charge in [0.2, 0.25) is 0 Å². The molecule has 4 heterocycles. The summed E-state index contributed by atoms with van der Waals surface area (Å²) in [6.07, 6.45) is -8.29. The Balaban J connectivity index is 1.83. The van der Waals surface area contributed by atoms with Gasteiger partial charge in [-0.05, 0) is 80.8 Å². The second kappa shape index (κ2) is 20.4. The summed E-state index contributed by atoms with van der Waals surface area (Å²) in [4.78, 5) is 16.4. The summed E-state index contributed by atoms with van der Waals surface area (Å²) in [5.41, 5.74) is -4.27. The number of hydrogen-bond acceptors (Lipinski definition) is 16. The molecule has 0 aromatic rings. The van der Waals surface area contributed by atoms with Crippen molar-refractivity contribution in [3.05, 3.63) is 0 Å². The highest BCUT2D eigenvalue weighted by Gasteiger charge is 2.55. The highest BCUT2D eigenvalue weighted by atomic mass is 16.7. The van der Waals surface area contributed by atoms with Gasteiger partial charge in [-0.2, -0.15) is 0 Å². The maximum atomic E-state index is 14.5. The Labute approximate surface area is 346 Å². The number of carbonyl (C=O) groups excluding carboxylic acids is 1. The number of fused-ring (bicyclic) bond motifs is 2. The molecule has 0 aliphatic carbocycles. The van der Waals surface area contributed by atoms with Crippen LogP contribution in [0.4, 0.5) is 0 Å². The maximum Gasteiger partial charge on any atom is 0.311 e. The third kappa shape index (κ3) is 11.1. The monoisotopic (exact) mass is 835 g/mol. The van der Waals surface area contributed by atoms with E-state index in [0.29, 0.717) is 19.6 Å². The fourth-order valence-corrected chi connectivity index (χ4v) is 10.0. The molecule has 0 saturated carbocycles. The Morgan fingerprint density at radius 2 is 1.59 bits per heavy atom. The molecule has 2 bridgehead atoms. The lowest BCUT2D eigenvalue weighted by Gasteiger charge is -2.52. The third-order valence-electron chi connectivity index (χ3n) is 13.5. The maximum absolute atomic E-state index is 14.5. The standard InChI is InChI=1S/C42H78N2O14/c1-15-29-42(10,49)37-24(4)32(43-30(56-37)21-52-17-16-50-13)22(2)19-40(8,48)36(58-39-33(45)28(44(11)12)18-23(3)53-39)25(5)34(26(6)38(47)55-29)57-31-20-41(9,51-14)35(46)27(7)54-31/h22-37,39,43,45-46,48-49H,15-21H2,1-14H3/t22-,23-,24+,25+,26-,27+,28+,29-,30?,31+,32+,33-,34+,35+,36-,37-,39+,40-,41-,42-/m1/s1. The smallest absolute Gasteiger partial charge is 0.311 e. The van der Waals surface area contributed by atoms with E-state index < -0.39 is 96.1 Å². The molecule has 4 fully saturated rings. The third-order valence-corrected chi connectivity index (χ3v) is 13.5. The lowest BCUT2D eigenvalue weighted by atomic mass is 9.71. The summed E-state index contributed by atoms with van der Waals surface area (Å²) in [5, 5.41) is 51.5. The van der Waals surface area contributed by atoms with Crippen LogP contribution in [-0.4, -0.2) is 176 Å². The number of rotatable bonds is 12. The van der Waals surface area contributed by atoms with Crippen LogP contribution >= 0.6 is 0 Å². The van der Waals surface area contributed by atoms with Gasteiger partial charge in [-0.15, -0.1) is 0 Å². The highest BCUT2D eigenvalue weighted by molar-refractivity contribution is 5.73. The van der Waals surface area contributed by atoms with Crippen molar-refractivity contribution in [3.8, 4) is 0 Å². The predicted octanol–water partition coefficient (Wildman–Crippen LogP) is 2.20. The van der Waals surface area contributed by atoms with Crippen molar-refractivity contribution in [2.45, 2.75) is 191 Å². The van der Waals surface area contributed by atoms with E-state index in [2.05, 4.69) is 5.32 Å². The molecule has 4 rings (SSSR count). The summed E-state index contributed by atoms with van der Waals surface area (Å²) >= 11 is 0. The van der Waals surface area contributed by atoms with Gasteiger partial charge in [0.15, 0.2) is 12.6 Å². The molecule has 0 radical (unpaired) electrons. The minimum atomic E-state index is -1.64. The molecule has 4 aliphatic heterocycles. The van der Waals surface area contributed by atoms with Crippen LogP contribution in [0.1, 0.15) is 94.9 Å². The Morgan fingerprint density at radius 1 is 0.914 bits per heavy atom. The second-order valence-corrected chi connectivity index (χ2v) is 18.6. The van der Waals surface area contributed by atoms with E-state index in [4.69, 9.17) is 42.6 Å². The molecule has 0 spiro atoms. The van der Waals surface area contributed by atoms with Crippen molar-refractivity contribution in [2.75, 3.05) is 48.1 Å². The molecule has 0 aromatic heterocycles. The lowest BCUT2D eigenvalue weighted by Crippen LogP contribution is -2.67. The SMILES string of the molecule is CC[C@H]1OC(=O)[C@H](C)[C@@H](O[C@H]2C[C@@](C)(OC)[C@@H](O)[C@H](C)O2)[C@H](C)[C@@H](O[C@@H]2O[C@H](C)C[C@H](N(C)C)[C@H]2O)[C@](C)(O)C[C@@H](C)[C@@H]2NC(COCCOC)O[C@H]([C@H]2C)[C@]1(C)O. The Hall–Kier alpha value is -1.09. The van der Waals surface area contributed by atoms with E-state index in [1.165, 1.54) is 7.11 Å². The zero-order chi connectivity index (χ0) is 43.5. The minimum absolute atomic E-state index is 0.137. The van der Waals surface area contributed by atoms with Crippen molar-refractivity contribution < 1.29 is 67.9 Å². The molecule has 4 aliphatic rings. The molecule has 16 heteroatoms. The zero-order valence-corrected chi connectivity index (χ0v) is 37.6. The van der Waals surface area contributed by atoms with Crippen molar-refractivity contribution in [1.29, 1.82) is 0 Å². The van der Waals surface area contributed by atoms with Crippen LogP contribution in [-0.2, 0) is 47.4 Å². The number of methoxy groups -OCH3 is 2. The normalized spacial score (nSPS) is 48.7. The van der Waals surface area contributed by atoms with Gasteiger partial charge < -0.3 is 68.0 Å². The van der Waals surface area contributed by atoms with Crippen LogP contribution in [0.2, 0.25) is 0 Å². The molecule has 5 N–H and O–H groups in total. The van der Waals surface area contributed by atoms with E-state index in [9.17, 15) is 25.2 Å². The number of ether oxygens (including phenoxy) is 9. The molecule has 0 amide bonds. The predicted molar refractivity (Wildman–Crippen MR) is 214 cm³/mol. The van der Waals surface area contributed by atoms with Gasteiger partial charge in [-0.3, -0.25) is 10.1 Å². The topological polar surface area (TPSA) is 196 Å². The van der Waals surface area contributed by atoms with Gasteiger partial charge in [0.05, 0.1) is 67.5 Å². The van der Waals surface area contributed by atoms with Gasteiger partial charge in [-0.1, -0.05) is 27.7 Å². The van der Waals surface area contributed by atoms with Gasteiger partial charge in [-0.25, -0.2) is 0 Å². The second-order valence-electron chi connectivity index (χ2n) is 18.6. The first-order chi connectivity index (χ1) is 27.0. The number of aliphatic hydroxyl groups excluding tert-OH is 2. The van der Waals surface area contributed by atoms with Crippen LogP contribution < -0.4 is 5.32 Å². The number of likely N-dealkylation sites (N-methyl/N-ethyl adjacent to an activating group) is 1. The summed E-state index contributed by atoms with van der Waals surface area (Å²) in [7, 11) is 6.90. The lowest BCUT2D eigenvalue weighted by molar-refractivity contribution is -0.318. The Kier molecular flexibility index (Phi) is 17.4. The fourth-order valence-electron chi connectivity index (χ4n) is 10.0. The van der Waals surface area contributed by atoms with E-state index in [1.54, 1.807) is 41.7 Å². The first-order valence-corrected chi connectivity index (χ1v) is 21.4. The molecular formula is C42H78N2O14. The van der Waals surface area contributed by atoms with Crippen molar-refractivity contribution in [2.24, 2.45) is 23.7 Å². The van der Waals surface area contributed by atoms with Crippen molar-refractivity contribution in [3.63, 3.8) is 0 Å². The average Bonchev–Trinajstić information content (AvgIpc) is 3.15. The fraction of sp³-hybridized carbons (Fsp3) is 0.976. The van der Waals surface area contributed by atoms with Crippen LogP contribution in [0, 0.1) is 23.7 Å².